The Kier molecular flexibility index (Phi) is 6.29. The number of ether oxygens (including phenoxy) is 1. The van der Waals surface area contributed by atoms with Crippen molar-refractivity contribution in [2.45, 2.75) is 51.1 Å². The molecule has 4 aromatic rings. The van der Waals surface area contributed by atoms with E-state index < -0.39 is 18.1 Å². The van der Waals surface area contributed by atoms with Crippen LogP contribution in [0.4, 0.5) is 19.0 Å². The molecule has 0 saturated heterocycles. The van der Waals surface area contributed by atoms with Gasteiger partial charge >= 0.3 is 6.18 Å². The van der Waals surface area contributed by atoms with Gasteiger partial charge in [-0.3, -0.25) is 0 Å². The number of alkyl halides is 3. The van der Waals surface area contributed by atoms with E-state index in [0.717, 1.165) is 35.7 Å². The number of halogens is 3. The van der Waals surface area contributed by atoms with E-state index in [1.807, 2.05) is 6.92 Å². The first kappa shape index (κ1) is 25.9. The summed E-state index contributed by atoms with van der Waals surface area (Å²) in [5.41, 5.74) is 2.96. The number of benzene rings is 1. The quantitative estimate of drug-likeness (QED) is 0.348. The third kappa shape index (κ3) is 4.57. The Morgan fingerprint density at radius 2 is 1.85 bits per heavy atom. The molecule has 0 amide bonds. The first-order valence-corrected chi connectivity index (χ1v) is 12.8. The van der Waals surface area contributed by atoms with E-state index in [1.54, 1.807) is 61.5 Å². The second kappa shape index (κ2) is 9.70. The Bertz CT molecular complexity index is 1600. The molecule has 0 radical (unpaired) electrons. The molecule has 6 rings (SSSR count). The zero-order chi connectivity index (χ0) is 28.2. The van der Waals surface area contributed by atoms with Crippen LogP contribution in [0.1, 0.15) is 59.9 Å². The normalized spacial score (nSPS) is 17.6. The molecule has 1 aromatic carbocycles. The summed E-state index contributed by atoms with van der Waals surface area (Å²) in [6.45, 7) is 3.50. The summed E-state index contributed by atoms with van der Waals surface area (Å²) in [5, 5.41) is 14.7. The Balaban J connectivity index is 1.35. The molecule has 1 N–H and O–H groups in total. The van der Waals surface area contributed by atoms with Gasteiger partial charge in [-0.05, 0) is 62.6 Å². The van der Waals surface area contributed by atoms with Gasteiger partial charge in [-0.25, -0.2) is 24.6 Å². The van der Waals surface area contributed by atoms with Gasteiger partial charge in [-0.1, -0.05) is 12.1 Å². The number of nitrogens with zero attached hydrogens (tertiary/aromatic N) is 7. The maximum absolute atomic E-state index is 13.1. The number of methoxy groups -OCH3 is 1. The monoisotopic (exact) mass is 549 g/mol. The lowest BCUT2D eigenvalue weighted by molar-refractivity contribution is -0.141. The topological polar surface area (TPSA) is 102 Å². The summed E-state index contributed by atoms with van der Waals surface area (Å²) < 4.78 is 46.2. The number of aryl methyl sites for hydroxylation is 1. The average Bonchev–Trinajstić information content (AvgIpc) is 3.72. The van der Waals surface area contributed by atoms with Crippen LogP contribution in [0.25, 0.3) is 23.2 Å². The average molecular weight is 550 g/mol. The number of hydrogen-bond acceptors (Lipinski definition) is 8. The first-order chi connectivity index (χ1) is 19.2. The molecule has 0 spiro atoms. The molecule has 12 heteroatoms. The van der Waals surface area contributed by atoms with Crippen molar-refractivity contribution >= 4 is 11.9 Å². The predicted molar refractivity (Wildman–Crippen MR) is 141 cm³/mol. The van der Waals surface area contributed by atoms with Crippen LogP contribution < -0.4 is 9.64 Å². The molecule has 1 fully saturated rings. The standard InChI is InChI=1S/C28H26F3N7O2/c1-15-12-21(28(29,30)31)36-38(15)20-9-6-17(7-10-20)16(2)37-22(39)11-8-19-13-32-25(35-26(19)37)23-24(18-4-5-18)33-14-34-27(23)40-3/h6-14,16,18,22,39H,4-5H2,1-3H3/t16-,22?/m0/s1. The van der Waals surface area contributed by atoms with Gasteiger partial charge in [0.25, 0.3) is 0 Å². The lowest BCUT2D eigenvalue weighted by Gasteiger charge is -2.36. The Labute approximate surface area is 228 Å². The number of fused-ring (bicyclic) bond motifs is 1. The van der Waals surface area contributed by atoms with Gasteiger partial charge < -0.3 is 14.7 Å². The van der Waals surface area contributed by atoms with E-state index >= 15 is 0 Å². The van der Waals surface area contributed by atoms with Gasteiger partial charge in [0.05, 0.1) is 24.5 Å². The highest BCUT2D eigenvalue weighted by Crippen LogP contribution is 2.45. The second-order valence-electron chi connectivity index (χ2n) is 9.92. The maximum atomic E-state index is 13.1. The zero-order valence-electron chi connectivity index (χ0n) is 22.0. The van der Waals surface area contributed by atoms with E-state index in [4.69, 9.17) is 9.72 Å². The maximum Gasteiger partial charge on any atom is 0.435 e. The number of aliphatic hydroxyl groups excluding tert-OH is 1. The molecular weight excluding hydrogens is 523 g/mol. The molecule has 4 heterocycles. The first-order valence-electron chi connectivity index (χ1n) is 12.8. The third-order valence-electron chi connectivity index (χ3n) is 7.21. The molecule has 1 unspecified atom stereocenters. The fourth-order valence-corrected chi connectivity index (χ4v) is 4.99. The van der Waals surface area contributed by atoms with Crippen molar-refractivity contribution in [2.24, 2.45) is 0 Å². The van der Waals surface area contributed by atoms with Crippen molar-refractivity contribution in [3.05, 3.63) is 77.1 Å². The second-order valence-corrected chi connectivity index (χ2v) is 9.92. The minimum absolute atomic E-state index is 0.302. The van der Waals surface area contributed by atoms with Crippen LogP contribution in [0.15, 0.2) is 48.9 Å². The molecule has 0 bridgehead atoms. The molecule has 206 valence electrons. The molecule has 3 aromatic heterocycles. The summed E-state index contributed by atoms with van der Waals surface area (Å²) in [4.78, 5) is 20.0. The molecule has 9 nitrogen and oxygen atoms in total. The van der Waals surface area contributed by atoms with Gasteiger partial charge in [0.15, 0.2) is 11.5 Å². The molecule has 40 heavy (non-hydrogen) atoms. The fraction of sp³-hybridized carbons (Fsp3) is 0.321. The molecule has 2 aliphatic rings. The van der Waals surface area contributed by atoms with Crippen molar-refractivity contribution in [2.75, 3.05) is 12.0 Å². The highest BCUT2D eigenvalue weighted by atomic mass is 19.4. The van der Waals surface area contributed by atoms with E-state index in [0.29, 0.717) is 40.4 Å². The van der Waals surface area contributed by atoms with E-state index in [1.165, 1.54) is 11.0 Å². The highest BCUT2D eigenvalue weighted by Gasteiger charge is 2.35. The molecule has 1 saturated carbocycles. The number of hydrogen-bond donors (Lipinski definition) is 1. The summed E-state index contributed by atoms with van der Waals surface area (Å²) in [7, 11) is 1.54. The van der Waals surface area contributed by atoms with E-state index in [-0.39, 0.29) is 6.04 Å². The lowest BCUT2D eigenvalue weighted by atomic mass is 10.0. The number of aromatic nitrogens is 6. The minimum atomic E-state index is -4.52. The summed E-state index contributed by atoms with van der Waals surface area (Å²) in [6.07, 6.45) is 3.16. The van der Waals surface area contributed by atoms with Crippen LogP contribution in [0.2, 0.25) is 0 Å². The van der Waals surface area contributed by atoms with Crippen LogP contribution in [0.3, 0.4) is 0 Å². The van der Waals surface area contributed by atoms with Gasteiger partial charge in [-0.15, -0.1) is 0 Å². The summed E-state index contributed by atoms with van der Waals surface area (Å²) in [6, 6.07) is 7.69. The highest BCUT2D eigenvalue weighted by molar-refractivity contribution is 5.73. The number of anilines is 1. The molecule has 2 atom stereocenters. The van der Waals surface area contributed by atoms with Crippen LogP contribution in [-0.2, 0) is 6.18 Å². The third-order valence-corrected chi connectivity index (χ3v) is 7.21. The van der Waals surface area contributed by atoms with Gasteiger partial charge in [0.1, 0.15) is 23.9 Å². The Hall–Kier alpha value is -4.32. The molecule has 1 aliphatic carbocycles. The van der Waals surface area contributed by atoms with Crippen LogP contribution in [-0.4, -0.2) is 48.2 Å². The van der Waals surface area contributed by atoms with Crippen molar-refractivity contribution < 1.29 is 23.0 Å². The van der Waals surface area contributed by atoms with Gasteiger partial charge in [0, 0.05) is 23.4 Å². The van der Waals surface area contributed by atoms with Gasteiger partial charge in [-0.2, -0.15) is 18.3 Å². The Morgan fingerprint density at radius 1 is 1.10 bits per heavy atom. The van der Waals surface area contributed by atoms with Crippen LogP contribution in [0, 0.1) is 6.92 Å². The Morgan fingerprint density at radius 3 is 2.50 bits per heavy atom. The summed E-state index contributed by atoms with van der Waals surface area (Å²) in [5.74, 6) is 1.63. The number of rotatable bonds is 6. The minimum Gasteiger partial charge on any atom is -0.480 e. The summed E-state index contributed by atoms with van der Waals surface area (Å²) >= 11 is 0. The SMILES string of the molecule is COc1ncnc(C2CC2)c1-c1ncc2c(n1)N([C@@H](C)c1ccc(-n3nc(C(F)(F)F)cc3C)cc1)C(O)C=C2. The fourth-order valence-electron chi connectivity index (χ4n) is 4.99. The van der Waals surface area contributed by atoms with Crippen molar-refractivity contribution in [1.82, 2.24) is 29.7 Å². The largest absolute Gasteiger partial charge is 0.480 e. The van der Waals surface area contributed by atoms with E-state index in [9.17, 15) is 18.3 Å². The molecule has 1 aliphatic heterocycles. The van der Waals surface area contributed by atoms with Gasteiger partial charge in [0.2, 0.25) is 5.88 Å². The van der Waals surface area contributed by atoms with Crippen molar-refractivity contribution in [1.29, 1.82) is 0 Å². The zero-order valence-corrected chi connectivity index (χ0v) is 22.0. The smallest absolute Gasteiger partial charge is 0.435 e. The van der Waals surface area contributed by atoms with Crippen molar-refractivity contribution in [3.63, 3.8) is 0 Å². The number of aliphatic hydroxyl groups is 1. The van der Waals surface area contributed by atoms with Crippen LogP contribution in [0.5, 0.6) is 5.88 Å². The predicted octanol–water partition coefficient (Wildman–Crippen LogP) is 5.25. The van der Waals surface area contributed by atoms with Crippen molar-refractivity contribution in [3.8, 4) is 23.0 Å². The molecular formula is C28H26F3N7O2. The van der Waals surface area contributed by atoms with E-state index in [2.05, 4.69) is 20.1 Å². The van der Waals surface area contributed by atoms with Crippen LogP contribution >= 0.6 is 0 Å². The lowest BCUT2D eigenvalue weighted by Crippen LogP contribution is -2.39.